The molecule has 2 nitrogen and oxygen atoms in total. The van der Waals surface area contributed by atoms with Crippen LogP contribution in [0.1, 0.15) is 51.1 Å². The Morgan fingerprint density at radius 3 is 2.50 bits per heavy atom. The highest BCUT2D eigenvalue weighted by atomic mass is 15.0. The van der Waals surface area contributed by atoms with E-state index in [0.717, 1.165) is 0 Å². The third kappa shape index (κ3) is 3.95. The quantitative estimate of drug-likeness (QED) is 0.510. The number of nitrogens with zero attached hydrogens (tertiary/aromatic N) is 1. The van der Waals surface area contributed by atoms with Crippen molar-refractivity contribution in [1.29, 1.82) is 0 Å². The summed E-state index contributed by atoms with van der Waals surface area (Å²) in [6.07, 6.45) is 13.6. The van der Waals surface area contributed by atoms with Crippen LogP contribution in [-0.4, -0.2) is 4.98 Å². The van der Waals surface area contributed by atoms with E-state index in [1.54, 1.807) is 0 Å². The van der Waals surface area contributed by atoms with Gasteiger partial charge in [-0.25, -0.2) is 9.55 Å². The number of H-pyrrole nitrogens is 1. The summed E-state index contributed by atoms with van der Waals surface area (Å²) in [7, 11) is 2.10. The number of rotatable bonds is 7. The maximum atomic E-state index is 3.12. The van der Waals surface area contributed by atoms with Gasteiger partial charge in [-0.3, -0.25) is 0 Å². The van der Waals surface area contributed by atoms with E-state index in [0.29, 0.717) is 0 Å². The van der Waals surface area contributed by atoms with Crippen molar-refractivity contribution in [2.24, 2.45) is 7.05 Å². The molecule has 0 aliphatic carbocycles. The minimum atomic E-state index is 1.21. The van der Waals surface area contributed by atoms with Gasteiger partial charge in [0.1, 0.15) is 11.9 Å². The minimum Gasteiger partial charge on any atom is -0.250 e. The number of hydrogen-bond acceptors (Lipinski definition) is 0. The van der Waals surface area contributed by atoms with Gasteiger partial charge in [-0.05, 0) is 6.42 Å². The number of imidazole rings is 1. The molecule has 1 aromatic rings. The summed E-state index contributed by atoms with van der Waals surface area (Å²) >= 11 is 0. The Bertz CT molecular complexity index is 240. The lowest BCUT2D eigenvalue weighted by Crippen LogP contribution is -2.29. The second-order valence-electron chi connectivity index (χ2n) is 4.06. The Kier molecular flexibility index (Phi) is 5.35. The van der Waals surface area contributed by atoms with Gasteiger partial charge in [0.15, 0.2) is 0 Å². The summed E-state index contributed by atoms with van der Waals surface area (Å²) in [6.45, 7) is 2.26. The maximum Gasteiger partial charge on any atom is 0.241 e. The zero-order valence-corrected chi connectivity index (χ0v) is 9.55. The maximum absolute atomic E-state index is 3.12. The Labute approximate surface area is 87.4 Å². The van der Waals surface area contributed by atoms with E-state index in [4.69, 9.17) is 0 Å². The molecule has 0 saturated heterocycles. The molecule has 1 N–H and O–H groups in total. The standard InChI is InChI=1S/C12H22N2/c1-3-4-5-6-7-8-9-12-10-13-11-14(12)2/h10-11H,3-9H2,1-2H3/p+1. The molecule has 1 aromatic heterocycles. The minimum absolute atomic E-state index is 1.21. The monoisotopic (exact) mass is 195 g/mol. The summed E-state index contributed by atoms with van der Waals surface area (Å²) < 4.78 is 2.17. The number of nitrogens with one attached hydrogen (secondary N) is 1. The molecule has 0 radical (unpaired) electrons. The van der Waals surface area contributed by atoms with Crippen molar-refractivity contribution in [2.45, 2.75) is 51.9 Å². The number of unbranched alkanes of at least 4 members (excludes halogenated alkanes) is 5. The highest BCUT2D eigenvalue weighted by molar-refractivity contribution is 4.85. The van der Waals surface area contributed by atoms with E-state index < -0.39 is 0 Å². The molecule has 0 spiro atoms. The third-order valence-electron chi connectivity index (χ3n) is 2.76. The Morgan fingerprint density at radius 1 is 1.14 bits per heavy atom. The summed E-state index contributed by atoms with van der Waals surface area (Å²) in [5, 5.41) is 0. The fourth-order valence-corrected chi connectivity index (χ4v) is 1.76. The molecule has 0 aromatic carbocycles. The second-order valence-corrected chi connectivity index (χ2v) is 4.06. The highest BCUT2D eigenvalue weighted by Crippen LogP contribution is 2.07. The molecule has 2 heteroatoms. The van der Waals surface area contributed by atoms with E-state index in [9.17, 15) is 0 Å². The molecule has 0 aliphatic heterocycles. The van der Waals surface area contributed by atoms with Gasteiger partial charge in [0.05, 0.1) is 7.05 Å². The lowest BCUT2D eigenvalue weighted by atomic mass is 10.1. The van der Waals surface area contributed by atoms with Crippen LogP contribution in [0, 0.1) is 0 Å². The Morgan fingerprint density at radius 2 is 1.86 bits per heavy atom. The Balaban J connectivity index is 2.02. The molecule has 0 saturated carbocycles. The molecule has 80 valence electrons. The van der Waals surface area contributed by atoms with Gasteiger partial charge in [0.2, 0.25) is 6.33 Å². The van der Waals surface area contributed by atoms with E-state index >= 15 is 0 Å². The predicted octanol–water partition coefficient (Wildman–Crippen LogP) is 2.74. The first kappa shape index (κ1) is 11.3. The highest BCUT2D eigenvalue weighted by Gasteiger charge is 2.03. The zero-order valence-electron chi connectivity index (χ0n) is 9.55. The number of aryl methyl sites for hydroxylation is 2. The molecule has 0 amide bonds. The molecule has 0 atom stereocenters. The summed E-state index contributed by atoms with van der Waals surface area (Å²) in [6, 6.07) is 0. The van der Waals surface area contributed by atoms with Crippen LogP contribution >= 0.6 is 0 Å². The average Bonchev–Trinajstić information content (AvgIpc) is 2.58. The molecular formula is C12H23N2+. The fraction of sp³-hybridized carbons (Fsp3) is 0.750. The van der Waals surface area contributed by atoms with Crippen molar-refractivity contribution in [3.8, 4) is 0 Å². The van der Waals surface area contributed by atoms with Crippen LogP contribution in [0.2, 0.25) is 0 Å². The molecule has 0 fully saturated rings. The summed E-state index contributed by atoms with van der Waals surface area (Å²) in [5.74, 6) is 0. The van der Waals surface area contributed by atoms with Gasteiger partial charge in [0.25, 0.3) is 0 Å². The first-order valence-corrected chi connectivity index (χ1v) is 5.86. The fourth-order valence-electron chi connectivity index (χ4n) is 1.76. The largest absolute Gasteiger partial charge is 0.250 e. The first-order valence-electron chi connectivity index (χ1n) is 5.86. The molecule has 0 unspecified atom stereocenters. The van der Waals surface area contributed by atoms with Crippen LogP contribution in [0.15, 0.2) is 12.5 Å². The van der Waals surface area contributed by atoms with Crippen LogP contribution in [-0.2, 0) is 13.5 Å². The van der Waals surface area contributed by atoms with Crippen LogP contribution in [0.4, 0.5) is 0 Å². The van der Waals surface area contributed by atoms with E-state index in [1.165, 1.54) is 50.6 Å². The summed E-state index contributed by atoms with van der Waals surface area (Å²) in [5.41, 5.74) is 1.42. The predicted molar refractivity (Wildman–Crippen MR) is 59.0 cm³/mol. The van der Waals surface area contributed by atoms with Crippen LogP contribution in [0.5, 0.6) is 0 Å². The van der Waals surface area contributed by atoms with E-state index in [-0.39, 0.29) is 0 Å². The van der Waals surface area contributed by atoms with Gasteiger partial charge in [-0.15, -0.1) is 0 Å². The van der Waals surface area contributed by atoms with Crippen molar-refractivity contribution in [2.75, 3.05) is 0 Å². The third-order valence-corrected chi connectivity index (χ3v) is 2.76. The van der Waals surface area contributed by atoms with Crippen LogP contribution in [0.3, 0.4) is 0 Å². The molecule has 1 rings (SSSR count). The number of aromatic nitrogens is 2. The van der Waals surface area contributed by atoms with Crippen LogP contribution < -0.4 is 4.57 Å². The molecule has 0 bridgehead atoms. The van der Waals surface area contributed by atoms with Gasteiger partial charge < -0.3 is 0 Å². The zero-order chi connectivity index (χ0) is 10.2. The lowest BCUT2D eigenvalue weighted by Gasteiger charge is -1.98. The normalized spacial score (nSPS) is 10.7. The first-order chi connectivity index (χ1) is 6.84. The summed E-state index contributed by atoms with van der Waals surface area (Å²) in [4.78, 5) is 3.12. The Hall–Kier alpha value is -0.790. The number of aromatic amines is 1. The average molecular weight is 195 g/mol. The molecular weight excluding hydrogens is 172 g/mol. The van der Waals surface area contributed by atoms with Gasteiger partial charge in [-0.1, -0.05) is 39.0 Å². The van der Waals surface area contributed by atoms with Gasteiger partial charge in [0, 0.05) is 6.42 Å². The SMILES string of the molecule is CCCCCCCCc1c[nH]c[n+]1C. The number of hydrogen-bond donors (Lipinski definition) is 1. The van der Waals surface area contributed by atoms with E-state index in [2.05, 4.69) is 29.7 Å². The van der Waals surface area contributed by atoms with Crippen molar-refractivity contribution < 1.29 is 4.57 Å². The second kappa shape index (κ2) is 6.63. The molecule has 0 aliphatic rings. The smallest absolute Gasteiger partial charge is 0.241 e. The van der Waals surface area contributed by atoms with Crippen molar-refractivity contribution >= 4 is 0 Å². The van der Waals surface area contributed by atoms with Crippen molar-refractivity contribution in [1.82, 2.24) is 4.98 Å². The van der Waals surface area contributed by atoms with Crippen LogP contribution in [0.25, 0.3) is 0 Å². The molecule has 14 heavy (non-hydrogen) atoms. The van der Waals surface area contributed by atoms with Gasteiger partial charge >= 0.3 is 0 Å². The van der Waals surface area contributed by atoms with E-state index in [1.807, 2.05) is 6.33 Å². The van der Waals surface area contributed by atoms with Gasteiger partial charge in [-0.2, -0.15) is 0 Å². The lowest BCUT2D eigenvalue weighted by molar-refractivity contribution is -0.677. The topological polar surface area (TPSA) is 19.7 Å². The van der Waals surface area contributed by atoms with Crippen molar-refractivity contribution in [3.63, 3.8) is 0 Å². The van der Waals surface area contributed by atoms with Crippen molar-refractivity contribution in [3.05, 3.63) is 18.2 Å². The molecule has 1 heterocycles.